The van der Waals surface area contributed by atoms with E-state index in [0.29, 0.717) is 25.6 Å². The van der Waals surface area contributed by atoms with Gasteiger partial charge in [-0.3, -0.25) is 4.79 Å². The van der Waals surface area contributed by atoms with Crippen LogP contribution in [0.1, 0.15) is 26.2 Å². The molecule has 1 aliphatic carbocycles. The predicted molar refractivity (Wildman–Crippen MR) is 42.7 cm³/mol. The topological polar surface area (TPSA) is 35.5 Å². The van der Waals surface area contributed by atoms with Crippen molar-refractivity contribution in [1.29, 1.82) is 0 Å². The summed E-state index contributed by atoms with van der Waals surface area (Å²) in [4.78, 5) is 11.4. The van der Waals surface area contributed by atoms with Gasteiger partial charge in [-0.15, -0.1) is 0 Å². The van der Waals surface area contributed by atoms with Crippen molar-refractivity contribution in [3.05, 3.63) is 0 Å². The molecule has 0 amide bonds. The maximum Gasteiger partial charge on any atom is 0.228 e. The summed E-state index contributed by atoms with van der Waals surface area (Å²) in [5.74, 6) is -0.273. The van der Waals surface area contributed by atoms with Gasteiger partial charge in [0.25, 0.3) is 0 Å². The first kappa shape index (κ1) is 8.20. The van der Waals surface area contributed by atoms with Gasteiger partial charge in [0.05, 0.1) is 13.2 Å². The molecule has 0 bridgehead atoms. The maximum atomic E-state index is 11.4. The lowest BCUT2D eigenvalue weighted by molar-refractivity contribution is -0.260. The molecule has 0 aromatic carbocycles. The Hall–Kier alpha value is -0.410. The van der Waals surface area contributed by atoms with Crippen LogP contribution < -0.4 is 0 Å². The van der Waals surface area contributed by atoms with Crippen LogP contribution in [0.3, 0.4) is 0 Å². The van der Waals surface area contributed by atoms with Crippen LogP contribution in [-0.4, -0.2) is 24.8 Å². The van der Waals surface area contributed by atoms with E-state index in [9.17, 15) is 4.79 Å². The van der Waals surface area contributed by atoms with Gasteiger partial charge in [0.15, 0.2) is 5.78 Å². The third-order valence-corrected chi connectivity index (χ3v) is 2.54. The Bertz CT molecular complexity index is 192. The summed E-state index contributed by atoms with van der Waals surface area (Å²) >= 11 is 0. The molecule has 0 radical (unpaired) electrons. The molecule has 12 heavy (non-hydrogen) atoms. The molecule has 3 nitrogen and oxygen atoms in total. The van der Waals surface area contributed by atoms with Crippen molar-refractivity contribution in [2.24, 2.45) is 5.92 Å². The second-order valence-electron chi connectivity index (χ2n) is 3.76. The zero-order valence-corrected chi connectivity index (χ0v) is 7.34. The predicted octanol–water partition coefficient (Wildman–Crippen LogP) is 1.12. The highest BCUT2D eigenvalue weighted by Crippen LogP contribution is 2.34. The summed E-state index contributed by atoms with van der Waals surface area (Å²) in [6.07, 6.45) is 2.28. The molecule has 0 N–H and O–H groups in total. The van der Waals surface area contributed by atoms with Gasteiger partial charge >= 0.3 is 0 Å². The highest BCUT2D eigenvalue weighted by atomic mass is 16.7. The maximum absolute atomic E-state index is 11.4. The van der Waals surface area contributed by atoms with Gasteiger partial charge < -0.3 is 9.47 Å². The Morgan fingerprint density at radius 2 is 2.08 bits per heavy atom. The summed E-state index contributed by atoms with van der Waals surface area (Å²) in [5.41, 5.74) is 0. The van der Waals surface area contributed by atoms with Gasteiger partial charge in [0, 0.05) is 18.8 Å². The van der Waals surface area contributed by atoms with E-state index in [-0.39, 0.29) is 5.78 Å². The average molecular weight is 170 g/mol. The van der Waals surface area contributed by atoms with E-state index in [4.69, 9.17) is 9.47 Å². The second kappa shape index (κ2) is 2.82. The van der Waals surface area contributed by atoms with E-state index in [0.717, 1.165) is 12.8 Å². The number of ether oxygens (including phenoxy) is 2. The Balaban J connectivity index is 2.07. The fourth-order valence-corrected chi connectivity index (χ4v) is 1.76. The molecule has 3 heteroatoms. The SMILES string of the molecule is CC1COC2(CCCC2=O)OC1. The normalized spacial score (nSPS) is 42.4. The smallest absolute Gasteiger partial charge is 0.228 e. The lowest BCUT2D eigenvalue weighted by Crippen LogP contribution is -2.46. The van der Waals surface area contributed by atoms with Crippen LogP contribution >= 0.6 is 0 Å². The standard InChI is InChI=1S/C9H14O3/c1-7-5-11-9(12-6-7)4-2-3-8(9)10/h7H,2-6H2,1H3. The fraction of sp³-hybridized carbons (Fsp3) is 0.889. The van der Waals surface area contributed by atoms with Crippen LogP contribution in [0.5, 0.6) is 0 Å². The largest absolute Gasteiger partial charge is 0.343 e. The number of rotatable bonds is 0. The lowest BCUT2D eigenvalue weighted by atomic mass is 10.1. The molecule has 1 saturated heterocycles. The minimum atomic E-state index is -0.827. The molecule has 2 rings (SSSR count). The molecule has 0 aromatic heterocycles. The summed E-state index contributed by atoms with van der Waals surface area (Å²) in [7, 11) is 0. The molecular weight excluding hydrogens is 156 g/mol. The molecule has 0 unspecified atom stereocenters. The number of carbonyl (C=O) groups is 1. The summed E-state index contributed by atoms with van der Waals surface area (Å²) in [6.45, 7) is 3.38. The second-order valence-corrected chi connectivity index (χ2v) is 3.76. The average Bonchev–Trinajstić information content (AvgIpc) is 2.41. The van der Waals surface area contributed by atoms with Crippen molar-refractivity contribution in [1.82, 2.24) is 0 Å². The van der Waals surface area contributed by atoms with Gasteiger partial charge in [-0.05, 0) is 6.42 Å². The van der Waals surface area contributed by atoms with Crippen molar-refractivity contribution in [3.8, 4) is 0 Å². The molecule has 0 atom stereocenters. The molecule has 68 valence electrons. The van der Waals surface area contributed by atoms with Crippen LogP contribution in [0.2, 0.25) is 0 Å². The fourth-order valence-electron chi connectivity index (χ4n) is 1.76. The van der Waals surface area contributed by atoms with Crippen molar-refractivity contribution in [3.63, 3.8) is 0 Å². The summed E-state index contributed by atoms with van der Waals surface area (Å²) < 4.78 is 11.0. The van der Waals surface area contributed by atoms with E-state index in [2.05, 4.69) is 6.92 Å². The van der Waals surface area contributed by atoms with Crippen LogP contribution in [0.15, 0.2) is 0 Å². The number of ketones is 1. The number of Topliss-reactive ketones (excluding diaryl/α,β-unsaturated/α-hetero) is 1. The van der Waals surface area contributed by atoms with Gasteiger partial charge in [0.2, 0.25) is 5.79 Å². The minimum Gasteiger partial charge on any atom is -0.343 e. The van der Waals surface area contributed by atoms with E-state index in [1.54, 1.807) is 0 Å². The quantitative estimate of drug-likeness (QED) is 0.546. The molecule has 1 heterocycles. The zero-order chi connectivity index (χ0) is 8.60. The third kappa shape index (κ3) is 1.17. The van der Waals surface area contributed by atoms with Crippen LogP contribution in [0.4, 0.5) is 0 Å². The van der Waals surface area contributed by atoms with E-state index in [1.165, 1.54) is 0 Å². The Morgan fingerprint density at radius 1 is 1.42 bits per heavy atom. The van der Waals surface area contributed by atoms with E-state index in [1.807, 2.05) is 0 Å². The monoisotopic (exact) mass is 170 g/mol. The van der Waals surface area contributed by atoms with Gasteiger partial charge in [-0.25, -0.2) is 0 Å². The van der Waals surface area contributed by atoms with Crippen molar-refractivity contribution < 1.29 is 14.3 Å². The van der Waals surface area contributed by atoms with E-state index >= 15 is 0 Å². The first-order valence-corrected chi connectivity index (χ1v) is 4.54. The first-order chi connectivity index (χ1) is 5.73. The van der Waals surface area contributed by atoms with Crippen LogP contribution in [-0.2, 0) is 14.3 Å². The molecule has 2 fully saturated rings. The Kier molecular flexibility index (Phi) is 1.93. The molecule has 2 aliphatic rings. The zero-order valence-electron chi connectivity index (χ0n) is 7.34. The number of carbonyl (C=O) groups excluding carboxylic acids is 1. The first-order valence-electron chi connectivity index (χ1n) is 4.54. The van der Waals surface area contributed by atoms with Gasteiger partial charge in [-0.2, -0.15) is 0 Å². The lowest BCUT2D eigenvalue weighted by Gasteiger charge is -2.34. The molecule has 0 aromatic rings. The molecule has 1 aliphatic heterocycles. The molecular formula is C9H14O3. The summed E-state index contributed by atoms with van der Waals surface area (Å²) in [5, 5.41) is 0. The Labute approximate surface area is 72.0 Å². The van der Waals surface area contributed by atoms with Crippen molar-refractivity contribution in [2.75, 3.05) is 13.2 Å². The highest BCUT2D eigenvalue weighted by molar-refractivity contribution is 5.87. The number of hydrogen-bond acceptors (Lipinski definition) is 3. The van der Waals surface area contributed by atoms with Crippen LogP contribution in [0.25, 0.3) is 0 Å². The van der Waals surface area contributed by atoms with Crippen LogP contribution in [0, 0.1) is 5.92 Å². The van der Waals surface area contributed by atoms with Crippen molar-refractivity contribution in [2.45, 2.75) is 32.0 Å². The third-order valence-electron chi connectivity index (χ3n) is 2.54. The minimum absolute atomic E-state index is 0.134. The van der Waals surface area contributed by atoms with Gasteiger partial charge in [0.1, 0.15) is 0 Å². The van der Waals surface area contributed by atoms with E-state index < -0.39 is 5.79 Å². The Morgan fingerprint density at radius 3 is 2.58 bits per heavy atom. The highest BCUT2D eigenvalue weighted by Gasteiger charge is 2.46. The van der Waals surface area contributed by atoms with Crippen molar-refractivity contribution >= 4 is 5.78 Å². The van der Waals surface area contributed by atoms with Gasteiger partial charge in [-0.1, -0.05) is 6.92 Å². The summed E-state index contributed by atoms with van der Waals surface area (Å²) in [6, 6.07) is 0. The number of hydrogen-bond donors (Lipinski definition) is 0. The molecule has 1 spiro atoms. The molecule has 1 saturated carbocycles.